The summed E-state index contributed by atoms with van der Waals surface area (Å²) in [6.07, 6.45) is 2.06. The van der Waals surface area contributed by atoms with Crippen molar-refractivity contribution in [1.82, 2.24) is 9.88 Å². The van der Waals surface area contributed by atoms with Gasteiger partial charge >= 0.3 is 0 Å². The zero-order valence-corrected chi connectivity index (χ0v) is 11.4. The summed E-state index contributed by atoms with van der Waals surface area (Å²) in [4.78, 5) is 0. The van der Waals surface area contributed by atoms with E-state index in [4.69, 9.17) is 9.47 Å². The van der Waals surface area contributed by atoms with Crippen molar-refractivity contribution in [2.45, 2.75) is 6.54 Å². The number of benzene rings is 1. The van der Waals surface area contributed by atoms with Gasteiger partial charge in [-0.3, -0.25) is 0 Å². The third kappa shape index (κ3) is 3.59. The lowest BCUT2D eigenvalue weighted by atomic mass is 10.3. The molecule has 0 radical (unpaired) electrons. The largest absolute Gasteiger partial charge is 0.497 e. The smallest absolute Gasteiger partial charge is 0.120 e. The summed E-state index contributed by atoms with van der Waals surface area (Å²) in [5.74, 6) is 0.865. The van der Waals surface area contributed by atoms with Crippen molar-refractivity contribution in [3.63, 3.8) is 0 Å². The molecule has 0 unspecified atom stereocenters. The van der Waals surface area contributed by atoms with E-state index >= 15 is 0 Å². The summed E-state index contributed by atoms with van der Waals surface area (Å²) >= 11 is 0. The van der Waals surface area contributed by atoms with Crippen molar-refractivity contribution in [2.24, 2.45) is 0 Å². The van der Waals surface area contributed by atoms with Crippen LogP contribution in [0.25, 0.3) is 5.69 Å². The topological polar surface area (TPSA) is 35.4 Å². The molecule has 1 aromatic carbocycles. The standard InChI is InChI=1S/C15H20N2O2/c1-18-10-8-16-12-14-6-4-9-17(14)13-5-3-7-15(11-13)19-2/h3-7,9,11,16H,8,10,12H2,1-2H3. The van der Waals surface area contributed by atoms with Gasteiger partial charge in [0.05, 0.1) is 13.7 Å². The second kappa shape index (κ2) is 6.97. The van der Waals surface area contributed by atoms with E-state index in [1.54, 1.807) is 14.2 Å². The molecule has 0 aliphatic rings. The summed E-state index contributed by atoms with van der Waals surface area (Å²) < 4.78 is 12.4. The molecule has 0 saturated heterocycles. The Morgan fingerprint density at radius 2 is 2.05 bits per heavy atom. The summed E-state index contributed by atoms with van der Waals surface area (Å²) in [6.45, 7) is 2.38. The molecule has 0 aliphatic heterocycles. The molecule has 102 valence electrons. The van der Waals surface area contributed by atoms with Crippen LogP contribution in [0, 0.1) is 0 Å². The molecule has 19 heavy (non-hydrogen) atoms. The molecule has 0 aliphatic carbocycles. The molecule has 1 heterocycles. The van der Waals surface area contributed by atoms with E-state index in [0.29, 0.717) is 0 Å². The average Bonchev–Trinajstić information content (AvgIpc) is 2.92. The first-order valence-corrected chi connectivity index (χ1v) is 6.35. The van der Waals surface area contributed by atoms with Crippen molar-refractivity contribution < 1.29 is 9.47 Å². The van der Waals surface area contributed by atoms with E-state index in [2.05, 4.69) is 28.2 Å². The minimum absolute atomic E-state index is 0.722. The van der Waals surface area contributed by atoms with Gasteiger partial charge in [0.2, 0.25) is 0 Å². The fraction of sp³-hybridized carbons (Fsp3) is 0.333. The van der Waals surface area contributed by atoms with Crippen LogP contribution in [-0.2, 0) is 11.3 Å². The van der Waals surface area contributed by atoms with E-state index < -0.39 is 0 Å². The van der Waals surface area contributed by atoms with E-state index in [1.165, 1.54) is 5.69 Å². The molecule has 0 spiro atoms. The molecule has 0 saturated carbocycles. The molecule has 4 heteroatoms. The van der Waals surface area contributed by atoms with Gasteiger partial charge in [-0.25, -0.2) is 0 Å². The van der Waals surface area contributed by atoms with Crippen molar-refractivity contribution in [3.8, 4) is 11.4 Å². The van der Waals surface area contributed by atoms with Gasteiger partial charge in [0.1, 0.15) is 5.75 Å². The second-order valence-corrected chi connectivity index (χ2v) is 4.24. The fourth-order valence-corrected chi connectivity index (χ4v) is 1.96. The maximum Gasteiger partial charge on any atom is 0.120 e. The van der Waals surface area contributed by atoms with E-state index in [-0.39, 0.29) is 0 Å². The van der Waals surface area contributed by atoms with Crippen LogP contribution >= 0.6 is 0 Å². The van der Waals surface area contributed by atoms with Crippen LogP contribution in [-0.4, -0.2) is 31.9 Å². The molecular formula is C15H20N2O2. The number of hydrogen-bond donors (Lipinski definition) is 1. The predicted octanol–water partition coefficient (Wildman–Crippen LogP) is 2.22. The Labute approximate surface area is 114 Å². The highest BCUT2D eigenvalue weighted by atomic mass is 16.5. The van der Waals surface area contributed by atoms with Crippen LogP contribution in [0.5, 0.6) is 5.75 Å². The Kier molecular flexibility index (Phi) is 5.01. The number of nitrogens with one attached hydrogen (secondary N) is 1. The number of rotatable bonds is 7. The first-order valence-electron chi connectivity index (χ1n) is 6.35. The Hall–Kier alpha value is -1.78. The van der Waals surface area contributed by atoms with E-state index in [0.717, 1.165) is 31.1 Å². The van der Waals surface area contributed by atoms with Crippen LogP contribution < -0.4 is 10.1 Å². The van der Waals surface area contributed by atoms with Gasteiger partial charge in [-0.2, -0.15) is 0 Å². The van der Waals surface area contributed by atoms with Gasteiger partial charge in [-0.05, 0) is 24.3 Å². The molecule has 1 N–H and O–H groups in total. The summed E-state index contributed by atoms with van der Waals surface area (Å²) in [7, 11) is 3.39. The monoisotopic (exact) mass is 260 g/mol. The summed E-state index contributed by atoms with van der Waals surface area (Å²) in [5, 5.41) is 3.35. The van der Waals surface area contributed by atoms with Crippen LogP contribution in [0.1, 0.15) is 5.69 Å². The molecule has 0 fully saturated rings. The number of aromatic nitrogens is 1. The van der Waals surface area contributed by atoms with Crippen molar-refractivity contribution in [3.05, 3.63) is 48.3 Å². The Bertz CT molecular complexity index is 508. The highest BCUT2D eigenvalue weighted by Crippen LogP contribution is 2.18. The molecule has 4 nitrogen and oxygen atoms in total. The summed E-state index contributed by atoms with van der Waals surface area (Å²) in [5.41, 5.74) is 2.32. The Morgan fingerprint density at radius 3 is 2.84 bits per heavy atom. The number of ether oxygens (including phenoxy) is 2. The van der Waals surface area contributed by atoms with Gasteiger partial charge < -0.3 is 19.4 Å². The van der Waals surface area contributed by atoms with Crippen LogP contribution in [0.4, 0.5) is 0 Å². The Morgan fingerprint density at radius 1 is 1.16 bits per heavy atom. The maximum absolute atomic E-state index is 5.26. The normalized spacial score (nSPS) is 10.6. The van der Waals surface area contributed by atoms with Crippen LogP contribution in [0.15, 0.2) is 42.6 Å². The van der Waals surface area contributed by atoms with Gasteiger partial charge in [0.25, 0.3) is 0 Å². The molecule has 0 bridgehead atoms. The maximum atomic E-state index is 5.26. The first-order chi connectivity index (χ1) is 9.35. The molecule has 2 aromatic rings. The van der Waals surface area contributed by atoms with Crippen molar-refractivity contribution in [1.29, 1.82) is 0 Å². The predicted molar refractivity (Wildman–Crippen MR) is 75.9 cm³/mol. The number of methoxy groups -OCH3 is 2. The lowest BCUT2D eigenvalue weighted by Crippen LogP contribution is -2.20. The molecule has 2 rings (SSSR count). The zero-order chi connectivity index (χ0) is 13.5. The minimum Gasteiger partial charge on any atom is -0.497 e. The molecule has 0 atom stereocenters. The zero-order valence-electron chi connectivity index (χ0n) is 11.4. The van der Waals surface area contributed by atoms with Crippen LogP contribution in [0.2, 0.25) is 0 Å². The number of nitrogens with zero attached hydrogens (tertiary/aromatic N) is 1. The third-order valence-electron chi connectivity index (χ3n) is 2.95. The third-order valence-corrected chi connectivity index (χ3v) is 2.95. The molecule has 0 amide bonds. The SMILES string of the molecule is COCCNCc1cccn1-c1cccc(OC)c1. The highest BCUT2D eigenvalue weighted by Gasteiger charge is 2.03. The van der Waals surface area contributed by atoms with E-state index in [9.17, 15) is 0 Å². The lowest BCUT2D eigenvalue weighted by molar-refractivity contribution is 0.199. The van der Waals surface area contributed by atoms with Gasteiger partial charge in [-0.15, -0.1) is 0 Å². The minimum atomic E-state index is 0.722. The van der Waals surface area contributed by atoms with E-state index in [1.807, 2.05) is 24.3 Å². The van der Waals surface area contributed by atoms with Gasteiger partial charge in [-0.1, -0.05) is 6.07 Å². The molecule has 1 aromatic heterocycles. The average molecular weight is 260 g/mol. The van der Waals surface area contributed by atoms with Crippen LogP contribution in [0.3, 0.4) is 0 Å². The first kappa shape index (κ1) is 13.6. The second-order valence-electron chi connectivity index (χ2n) is 4.24. The lowest BCUT2D eigenvalue weighted by Gasteiger charge is -2.11. The van der Waals surface area contributed by atoms with Crippen molar-refractivity contribution in [2.75, 3.05) is 27.4 Å². The quantitative estimate of drug-likeness (QED) is 0.775. The highest BCUT2D eigenvalue weighted by molar-refractivity contribution is 5.41. The summed E-state index contributed by atoms with van der Waals surface area (Å²) in [6, 6.07) is 12.2. The number of hydrogen-bond acceptors (Lipinski definition) is 3. The van der Waals surface area contributed by atoms with Crippen molar-refractivity contribution >= 4 is 0 Å². The fourth-order valence-electron chi connectivity index (χ4n) is 1.96. The Balaban J connectivity index is 2.09. The van der Waals surface area contributed by atoms with Gasteiger partial charge in [0, 0.05) is 43.8 Å². The molecular weight excluding hydrogens is 240 g/mol. The van der Waals surface area contributed by atoms with Gasteiger partial charge in [0.15, 0.2) is 0 Å².